The van der Waals surface area contributed by atoms with E-state index in [2.05, 4.69) is 15.5 Å². The first kappa shape index (κ1) is 19.1. The van der Waals surface area contributed by atoms with Crippen molar-refractivity contribution in [3.05, 3.63) is 71.3 Å². The molecule has 0 saturated heterocycles. The molecule has 0 spiro atoms. The van der Waals surface area contributed by atoms with Crippen molar-refractivity contribution in [1.29, 1.82) is 0 Å². The van der Waals surface area contributed by atoms with Gasteiger partial charge in [-0.2, -0.15) is 0 Å². The lowest BCUT2D eigenvalue weighted by Gasteiger charge is -2.23. The van der Waals surface area contributed by atoms with Crippen LogP contribution in [0.1, 0.15) is 36.2 Å². The molecule has 0 atom stereocenters. The van der Waals surface area contributed by atoms with Crippen LogP contribution in [0.15, 0.2) is 48.5 Å². The Hall–Kier alpha value is -3.22. The Morgan fingerprint density at radius 2 is 1.97 bits per heavy atom. The van der Waals surface area contributed by atoms with Crippen LogP contribution in [0.4, 0.5) is 20.8 Å². The van der Waals surface area contributed by atoms with Gasteiger partial charge in [-0.25, -0.2) is 9.18 Å². The summed E-state index contributed by atoms with van der Waals surface area (Å²) < 4.78 is 15.4. The summed E-state index contributed by atoms with van der Waals surface area (Å²) in [6.07, 6.45) is 4.10. The Morgan fingerprint density at radius 1 is 1.14 bits per heavy atom. The fourth-order valence-electron chi connectivity index (χ4n) is 3.59. The van der Waals surface area contributed by atoms with Crippen LogP contribution in [-0.4, -0.2) is 20.8 Å². The number of aromatic nitrogens is 3. The molecule has 1 aromatic heterocycles. The SMILES string of the molecule is Cc1cccc(NC(=O)N(Cc2ccc(F)cc2)c2nnc3n2CCCCC3)c1. The second-order valence-corrected chi connectivity index (χ2v) is 7.39. The van der Waals surface area contributed by atoms with E-state index in [0.717, 1.165) is 54.9 Å². The van der Waals surface area contributed by atoms with Crippen LogP contribution >= 0.6 is 0 Å². The Balaban J connectivity index is 1.66. The number of halogens is 1. The number of rotatable bonds is 4. The normalized spacial score (nSPS) is 13.4. The smallest absolute Gasteiger partial charge is 0.307 e. The summed E-state index contributed by atoms with van der Waals surface area (Å²) in [4.78, 5) is 14.8. The molecule has 0 bridgehead atoms. The summed E-state index contributed by atoms with van der Waals surface area (Å²) in [5.74, 6) is 1.13. The topological polar surface area (TPSA) is 63.1 Å². The van der Waals surface area contributed by atoms with Gasteiger partial charge in [0.25, 0.3) is 0 Å². The molecular weight excluding hydrogens is 369 g/mol. The number of urea groups is 1. The van der Waals surface area contributed by atoms with Gasteiger partial charge in [0.1, 0.15) is 11.6 Å². The van der Waals surface area contributed by atoms with Crippen molar-refractivity contribution in [3.8, 4) is 0 Å². The van der Waals surface area contributed by atoms with Crippen molar-refractivity contribution in [1.82, 2.24) is 14.8 Å². The third-order valence-electron chi connectivity index (χ3n) is 5.10. The van der Waals surface area contributed by atoms with Crippen molar-refractivity contribution in [2.45, 2.75) is 45.7 Å². The Morgan fingerprint density at radius 3 is 2.76 bits per heavy atom. The molecule has 4 rings (SSSR count). The average Bonchev–Trinajstić information content (AvgIpc) is 2.95. The Kier molecular flexibility index (Phi) is 5.55. The van der Waals surface area contributed by atoms with Gasteiger partial charge in [0.2, 0.25) is 5.95 Å². The quantitative estimate of drug-likeness (QED) is 0.699. The number of hydrogen-bond acceptors (Lipinski definition) is 3. The maximum Gasteiger partial charge on any atom is 0.329 e. The van der Waals surface area contributed by atoms with E-state index in [9.17, 15) is 9.18 Å². The van der Waals surface area contributed by atoms with E-state index in [4.69, 9.17) is 0 Å². The molecule has 3 aromatic rings. The van der Waals surface area contributed by atoms with Crippen molar-refractivity contribution < 1.29 is 9.18 Å². The van der Waals surface area contributed by atoms with Crippen molar-refractivity contribution in [2.24, 2.45) is 0 Å². The van der Waals surface area contributed by atoms with Gasteiger partial charge in [-0.05, 0) is 55.2 Å². The van der Waals surface area contributed by atoms with Crippen molar-refractivity contribution in [3.63, 3.8) is 0 Å². The number of benzene rings is 2. The predicted octanol–water partition coefficient (Wildman–Crippen LogP) is 4.69. The maximum absolute atomic E-state index is 13.3. The summed E-state index contributed by atoms with van der Waals surface area (Å²) in [5.41, 5.74) is 2.59. The van der Waals surface area contributed by atoms with Gasteiger partial charge in [0, 0.05) is 18.7 Å². The molecule has 6 nitrogen and oxygen atoms in total. The highest BCUT2D eigenvalue weighted by Gasteiger charge is 2.25. The molecule has 0 aliphatic carbocycles. The molecule has 150 valence electrons. The first-order valence-electron chi connectivity index (χ1n) is 9.92. The minimum absolute atomic E-state index is 0.274. The second kappa shape index (κ2) is 8.43. The second-order valence-electron chi connectivity index (χ2n) is 7.39. The van der Waals surface area contributed by atoms with E-state index >= 15 is 0 Å². The van der Waals surface area contributed by atoms with Crippen LogP contribution in [-0.2, 0) is 19.5 Å². The minimum atomic E-state index is -0.305. The fourth-order valence-corrected chi connectivity index (χ4v) is 3.59. The van der Waals surface area contributed by atoms with Gasteiger partial charge in [-0.3, -0.25) is 9.47 Å². The predicted molar refractivity (Wildman–Crippen MR) is 110 cm³/mol. The molecule has 1 aliphatic rings. The molecule has 2 amide bonds. The number of fused-ring (bicyclic) bond motifs is 1. The van der Waals surface area contributed by atoms with Gasteiger partial charge in [0.15, 0.2) is 0 Å². The highest BCUT2D eigenvalue weighted by molar-refractivity contribution is 6.00. The molecule has 1 N–H and O–H groups in total. The van der Waals surface area contributed by atoms with E-state index < -0.39 is 0 Å². The molecule has 2 aromatic carbocycles. The summed E-state index contributed by atoms with van der Waals surface area (Å²) >= 11 is 0. The number of aryl methyl sites for hydroxylation is 2. The van der Waals surface area contributed by atoms with Crippen molar-refractivity contribution >= 4 is 17.7 Å². The van der Waals surface area contributed by atoms with Gasteiger partial charge >= 0.3 is 6.03 Å². The molecule has 29 heavy (non-hydrogen) atoms. The minimum Gasteiger partial charge on any atom is -0.307 e. The first-order chi connectivity index (χ1) is 14.1. The lowest BCUT2D eigenvalue weighted by atomic mass is 10.2. The highest BCUT2D eigenvalue weighted by atomic mass is 19.1. The van der Waals surface area contributed by atoms with Crippen LogP contribution in [0.3, 0.4) is 0 Å². The molecule has 0 fully saturated rings. The Bertz CT molecular complexity index is 999. The largest absolute Gasteiger partial charge is 0.329 e. The van der Waals surface area contributed by atoms with Gasteiger partial charge in [-0.15, -0.1) is 10.2 Å². The average molecular weight is 393 g/mol. The molecule has 2 heterocycles. The van der Waals surface area contributed by atoms with Crippen LogP contribution < -0.4 is 10.2 Å². The van der Waals surface area contributed by atoms with E-state index in [1.807, 2.05) is 35.8 Å². The highest BCUT2D eigenvalue weighted by Crippen LogP contribution is 2.23. The van der Waals surface area contributed by atoms with E-state index in [1.165, 1.54) is 12.1 Å². The number of nitrogens with zero attached hydrogens (tertiary/aromatic N) is 4. The number of nitrogens with one attached hydrogen (secondary N) is 1. The molecule has 0 radical (unpaired) electrons. The third kappa shape index (κ3) is 4.45. The monoisotopic (exact) mass is 393 g/mol. The summed E-state index contributed by atoms with van der Waals surface area (Å²) in [5, 5.41) is 11.6. The standard InChI is InChI=1S/C22H24FN5O/c1-16-6-5-7-19(14-16)24-22(29)28(15-17-9-11-18(23)12-10-17)21-26-25-20-8-3-2-4-13-27(20)21/h5-7,9-12,14H,2-4,8,13,15H2,1H3,(H,24,29). The van der Waals surface area contributed by atoms with Gasteiger partial charge < -0.3 is 5.32 Å². The zero-order valence-corrected chi connectivity index (χ0v) is 16.4. The molecule has 0 saturated carbocycles. The summed E-state index contributed by atoms with van der Waals surface area (Å²) in [7, 11) is 0. The number of amides is 2. The molecule has 1 aliphatic heterocycles. The van der Waals surface area contributed by atoms with E-state index in [-0.39, 0.29) is 18.4 Å². The van der Waals surface area contributed by atoms with E-state index in [0.29, 0.717) is 5.95 Å². The van der Waals surface area contributed by atoms with Crippen molar-refractivity contribution in [2.75, 3.05) is 10.2 Å². The lowest BCUT2D eigenvalue weighted by molar-refractivity contribution is 0.256. The molecule has 7 heteroatoms. The number of anilines is 2. The number of carbonyl (C=O) groups excluding carboxylic acids is 1. The van der Waals surface area contributed by atoms with Crippen LogP contribution in [0, 0.1) is 12.7 Å². The summed E-state index contributed by atoms with van der Waals surface area (Å²) in [6.45, 7) is 3.04. The summed E-state index contributed by atoms with van der Waals surface area (Å²) in [6, 6.07) is 13.5. The molecular formula is C22H24FN5O. The number of carbonyl (C=O) groups is 1. The fraction of sp³-hybridized carbons (Fsp3) is 0.318. The van der Waals surface area contributed by atoms with Gasteiger partial charge in [-0.1, -0.05) is 30.7 Å². The van der Waals surface area contributed by atoms with Crippen LogP contribution in [0.25, 0.3) is 0 Å². The molecule has 0 unspecified atom stereocenters. The Labute approximate surface area is 169 Å². The number of hydrogen-bond donors (Lipinski definition) is 1. The van der Waals surface area contributed by atoms with Gasteiger partial charge in [0.05, 0.1) is 6.54 Å². The first-order valence-corrected chi connectivity index (χ1v) is 9.92. The lowest BCUT2D eigenvalue weighted by Crippen LogP contribution is -2.36. The van der Waals surface area contributed by atoms with E-state index in [1.54, 1.807) is 17.0 Å². The third-order valence-corrected chi connectivity index (χ3v) is 5.10. The van der Waals surface area contributed by atoms with Crippen LogP contribution in [0.2, 0.25) is 0 Å². The maximum atomic E-state index is 13.3. The van der Waals surface area contributed by atoms with Crippen LogP contribution in [0.5, 0.6) is 0 Å². The zero-order valence-electron chi connectivity index (χ0n) is 16.4. The zero-order chi connectivity index (χ0) is 20.2.